The minimum Gasteiger partial charge on any atom is -0.373 e. The van der Waals surface area contributed by atoms with Crippen LogP contribution in [0.25, 0.3) is 0 Å². The van der Waals surface area contributed by atoms with E-state index < -0.39 is 21.1 Å². The van der Waals surface area contributed by atoms with E-state index in [9.17, 15) is 18.5 Å². The zero-order chi connectivity index (χ0) is 19.9. The second-order valence-corrected chi connectivity index (χ2v) is 9.24. The quantitative estimate of drug-likeness (QED) is 0.577. The standard InChI is InChI=1S/C20H22N2O5S/c1-14-6-8-15(9-7-14)28(25,26)21-12-10-17-18(21)11-13-27-20(17)16-4-2-3-5-19(16)22(23)24/h2-9,17-18,20H,10-13H2,1H3/t17-,18+,20+/m1/s1. The Morgan fingerprint density at radius 3 is 2.54 bits per heavy atom. The number of ether oxygens (including phenoxy) is 1. The second kappa shape index (κ2) is 7.27. The fourth-order valence-corrected chi connectivity index (χ4v) is 6.07. The first-order chi connectivity index (χ1) is 13.4. The number of hydrogen-bond donors (Lipinski definition) is 0. The molecule has 2 aliphatic heterocycles. The van der Waals surface area contributed by atoms with Crippen LogP contribution in [0.2, 0.25) is 0 Å². The van der Waals surface area contributed by atoms with Gasteiger partial charge in [-0.15, -0.1) is 0 Å². The molecule has 2 aromatic carbocycles. The molecule has 0 spiro atoms. The van der Waals surface area contributed by atoms with Crippen LogP contribution >= 0.6 is 0 Å². The van der Waals surface area contributed by atoms with Crippen LogP contribution in [0.1, 0.15) is 30.1 Å². The molecule has 0 radical (unpaired) electrons. The molecule has 0 bridgehead atoms. The third-order valence-corrected chi connectivity index (χ3v) is 7.65. The van der Waals surface area contributed by atoms with Crippen molar-refractivity contribution in [3.8, 4) is 0 Å². The minimum atomic E-state index is -3.61. The first kappa shape index (κ1) is 19.0. The summed E-state index contributed by atoms with van der Waals surface area (Å²) in [4.78, 5) is 11.3. The van der Waals surface area contributed by atoms with Crippen LogP contribution < -0.4 is 0 Å². The summed E-state index contributed by atoms with van der Waals surface area (Å²) < 4.78 is 33.9. The Labute approximate surface area is 164 Å². The molecule has 148 valence electrons. The largest absolute Gasteiger partial charge is 0.373 e. The van der Waals surface area contributed by atoms with E-state index in [1.807, 2.05) is 6.92 Å². The highest BCUT2D eigenvalue weighted by Crippen LogP contribution is 2.46. The normalized spacial score (nSPS) is 25.4. The molecule has 0 unspecified atom stereocenters. The molecule has 0 saturated carbocycles. The lowest BCUT2D eigenvalue weighted by Gasteiger charge is -2.36. The van der Waals surface area contributed by atoms with Crippen molar-refractivity contribution in [2.24, 2.45) is 5.92 Å². The number of benzene rings is 2. The molecule has 2 fully saturated rings. The van der Waals surface area contributed by atoms with E-state index in [1.54, 1.807) is 46.8 Å². The van der Waals surface area contributed by atoms with Gasteiger partial charge in [-0.25, -0.2) is 8.42 Å². The van der Waals surface area contributed by atoms with Gasteiger partial charge in [0.05, 0.1) is 21.5 Å². The molecular formula is C20H22N2O5S. The molecule has 7 nitrogen and oxygen atoms in total. The molecule has 0 aromatic heterocycles. The SMILES string of the molecule is Cc1ccc(S(=O)(=O)N2CC[C@H]3[C@H](c4ccccc4[N+](=O)[O-])OCC[C@@H]32)cc1. The fourth-order valence-electron chi connectivity index (χ4n) is 4.36. The molecule has 2 aromatic rings. The number of fused-ring (bicyclic) bond motifs is 1. The van der Waals surface area contributed by atoms with Gasteiger partial charge in [0.25, 0.3) is 5.69 Å². The Bertz CT molecular complexity index is 990. The van der Waals surface area contributed by atoms with Crippen molar-refractivity contribution >= 4 is 15.7 Å². The minimum absolute atomic E-state index is 0.0213. The van der Waals surface area contributed by atoms with Crippen LogP contribution in [-0.4, -0.2) is 36.8 Å². The van der Waals surface area contributed by atoms with Gasteiger partial charge >= 0.3 is 0 Å². The average Bonchev–Trinajstić information content (AvgIpc) is 3.13. The van der Waals surface area contributed by atoms with Crippen molar-refractivity contribution in [2.75, 3.05) is 13.2 Å². The highest BCUT2D eigenvalue weighted by molar-refractivity contribution is 7.89. The maximum Gasteiger partial charge on any atom is 0.275 e. The Morgan fingerprint density at radius 1 is 1.11 bits per heavy atom. The Morgan fingerprint density at radius 2 is 1.82 bits per heavy atom. The fraction of sp³-hybridized carbons (Fsp3) is 0.400. The van der Waals surface area contributed by atoms with Crippen LogP contribution in [0.15, 0.2) is 53.4 Å². The van der Waals surface area contributed by atoms with Gasteiger partial charge in [0, 0.05) is 31.2 Å². The van der Waals surface area contributed by atoms with Gasteiger partial charge in [0.2, 0.25) is 10.0 Å². The highest BCUT2D eigenvalue weighted by atomic mass is 32.2. The summed E-state index contributed by atoms with van der Waals surface area (Å²) >= 11 is 0. The van der Waals surface area contributed by atoms with E-state index in [0.717, 1.165) is 5.56 Å². The third kappa shape index (κ3) is 3.21. The van der Waals surface area contributed by atoms with E-state index >= 15 is 0 Å². The summed E-state index contributed by atoms with van der Waals surface area (Å²) in [6, 6.07) is 13.2. The smallest absolute Gasteiger partial charge is 0.275 e. The first-order valence-electron chi connectivity index (χ1n) is 9.33. The molecular weight excluding hydrogens is 380 g/mol. The topological polar surface area (TPSA) is 89.8 Å². The van der Waals surface area contributed by atoms with Crippen molar-refractivity contribution in [2.45, 2.75) is 36.8 Å². The van der Waals surface area contributed by atoms with Crippen LogP contribution in [-0.2, 0) is 14.8 Å². The molecule has 0 aliphatic carbocycles. The molecule has 0 N–H and O–H groups in total. The summed E-state index contributed by atoms with van der Waals surface area (Å²) in [7, 11) is -3.61. The number of nitrogens with zero attached hydrogens (tertiary/aromatic N) is 2. The van der Waals surface area contributed by atoms with Gasteiger partial charge in [0.15, 0.2) is 0 Å². The molecule has 4 rings (SSSR count). The number of nitro benzene ring substituents is 1. The summed E-state index contributed by atoms with van der Waals surface area (Å²) in [5, 5.41) is 11.4. The molecule has 28 heavy (non-hydrogen) atoms. The van der Waals surface area contributed by atoms with Crippen molar-refractivity contribution in [1.82, 2.24) is 4.31 Å². The van der Waals surface area contributed by atoms with Gasteiger partial charge in [-0.05, 0) is 38.0 Å². The lowest BCUT2D eigenvalue weighted by Crippen LogP contribution is -2.43. The van der Waals surface area contributed by atoms with Crippen LogP contribution in [0.3, 0.4) is 0 Å². The number of sulfonamides is 1. The van der Waals surface area contributed by atoms with Gasteiger partial charge in [-0.2, -0.15) is 4.31 Å². The van der Waals surface area contributed by atoms with Crippen LogP contribution in [0, 0.1) is 23.0 Å². The van der Waals surface area contributed by atoms with Crippen LogP contribution in [0.4, 0.5) is 5.69 Å². The molecule has 2 aliphatic rings. The summed E-state index contributed by atoms with van der Waals surface area (Å²) in [5.41, 5.74) is 1.55. The summed E-state index contributed by atoms with van der Waals surface area (Å²) in [6.07, 6.45) is 0.734. The van der Waals surface area contributed by atoms with E-state index in [0.29, 0.717) is 31.6 Å². The van der Waals surface area contributed by atoms with Crippen LogP contribution in [0.5, 0.6) is 0 Å². The van der Waals surface area contributed by atoms with Crippen molar-refractivity contribution in [1.29, 1.82) is 0 Å². The zero-order valence-electron chi connectivity index (χ0n) is 15.5. The predicted molar refractivity (Wildman–Crippen MR) is 103 cm³/mol. The Kier molecular flexibility index (Phi) is 4.95. The van der Waals surface area contributed by atoms with Crippen molar-refractivity contribution in [3.05, 3.63) is 69.8 Å². The van der Waals surface area contributed by atoms with E-state index in [1.165, 1.54) is 6.07 Å². The highest BCUT2D eigenvalue weighted by Gasteiger charge is 2.48. The number of hydrogen-bond acceptors (Lipinski definition) is 5. The van der Waals surface area contributed by atoms with E-state index in [2.05, 4.69) is 0 Å². The maximum absolute atomic E-state index is 13.2. The predicted octanol–water partition coefficient (Wildman–Crippen LogP) is 3.44. The Hall–Kier alpha value is -2.29. The van der Waals surface area contributed by atoms with Crippen molar-refractivity contribution in [3.63, 3.8) is 0 Å². The maximum atomic E-state index is 13.2. The first-order valence-corrected chi connectivity index (χ1v) is 10.8. The third-order valence-electron chi connectivity index (χ3n) is 5.71. The van der Waals surface area contributed by atoms with Crippen molar-refractivity contribution < 1.29 is 18.1 Å². The molecule has 2 saturated heterocycles. The lowest BCUT2D eigenvalue weighted by atomic mass is 9.85. The van der Waals surface area contributed by atoms with E-state index in [4.69, 9.17) is 4.74 Å². The van der Waals surface area contributed by atoms with Gasteiger partial charge in [-0.1, -0.05) is 29.8 Å². The van der Waals surface area contributed by atoms with Gasteiger partial charge in [-0.3, -0.25) is 10.1 Å². The van der Waals surface area contributed by atoms with Gasteiger partial charge < -0.3 is 4.74 Å². The summed E-state index contributed by atoms with van der Waals surface area (Å²) in [5.74, 6) is -0.102. The average molecular weight is 402 g/mol. The monoisotopic (exact) mass is 402 g/mol. The van der Waals surface area contributed by atoms with E-state index in [-0.39, 0.29) is 22.5 Å². The van der Waals surface area contributed by atoms with Gasteiger partial charge in [0.1, 0.15) is 0 Å². The lowest BCUT2D eigenvalue weighted by molar-refractivity contribution is -0.386. The molecule has 2 heterocycles. The molecule has 8 heteroatoms. The number of rotatable bonds is 4. The second-order valence-electron chi connectivity index (χ2n) is 7.34. The number of aryl methyl sites for hydroxylation is 1. The molecule has 3 atom stereocenters. The molecule has 0 amide bonds. The number of para-hydroxylation sites is 1. The zero-order valence-corrected chi connectivity index (χ0v) is 16.3. The number of nitro groups is 1. The summed E-state index contributed by atoms with van der Waals surface area (Å²) in [6.45, 7) is 2.68. The Balaban J connectivity index is 1.66.